The molecule has 2 rings (SSSR count). The van der Waals surface area contributed by atoms with Crippen LogP contribution in [0.1, 0.15) is 43.0 Å². The topological polar surface area (TPSA) is 56.3 Å². The van der Waals surface area contributed by atoms with Crippen molar-refractivity contribution in [2.45, 2.75) is 44.0 Å². The molecule has 0 radical (unpaired) electrons. The molecular formula is C12H14F3NO3S. The first-order chi connectivity index (χ1) is 9.19. The molecule has 1 heterocycles. The van der Waals surface area contributed by atoms with Crippen molar-refractivity contribution in [3.8, 4) is 5.75 Å². The van der Waals surface area contributed by atoms with Crippen molar-refractivity contribution in [2.75, 3.05) is 0 Å². The van der Waals surface area contributed by atoms with Gasteiger partial charge in [-0.25, -0.2) is 0 Å². The van der Waals surface area contributed by atoms with Crippen LogP contribution in [-0.4, -0.2) is 18.9 Å². The van der Waals surface area contributed by atoms with Crippen molar-refractivity contribution < 1.29 is 25.8 Å². The fraction of sp³-hybridized carbons (Fsp3) is 0.583. The molecule has 1 aromatic heterocycles. The SMILES string of the molecule is Cc1cc(OS(=O)(=O)C(F)(F)F)cc(C2CCCC2)n1. The van der Waals surface area contributed by atoms with Gasteiger partial charge in [-0.2, -0.15) is 21.6 Å². The van der Waals surface area contributed by atoms with Gasteiger partial charge in [-0.1, -0.05) is 12.8 Å². The molecule has 1 aliphatic carbocycles. The van der Waals surface area contributed by atoms with Gasteiger partial charge in [0.25, 0.3) is 0 Å². The van der Waals surface area contributed by atoms with Crippen molar-refractivity contribution in [2.24, 2.45) is 0 Å². The monoisotopic (exact) mass is 309 g/mol. The van der Waals surface area contributed by atoms with Crippen molar-refractivity contribution in [1.29, 1.82) is 0 Å². The second-order valence-corrected chi connectivity index (χ2v) is 6.37. The highest BCUT2D eigenvalue weighted by Gasteiger charge is 2.48. The molecule has 0 aromatic carbocycles. The maximum Gasteiger partial charge on any atom is 0.534 e. The Morgan fingerprint density at radius 2 is 1.85 bits per heavy atom. The van der Waals surface area contributed by atoms with E-state index in [0.717, 1.165) is 25.7 Å². The Morgan fingerprint density at radius 3 is 2.40 bits per heavy atom. The van der Waals surface area contributed by atoms with Crippen molar-refractivity contribution >= 4 is 10.1 Å². The van der Waals surface area contributed by atoms with E-state index in [1.807, 2.05) is 0 Å². The zero-order chi connectivity index (χ0) is 15.0. The Hall–Kier alpha value is -1.31. The quantitative estimate of drug-likeness (QED) is 0.635. The molecule has 1 saturated carbocycles. The number of aromatic nitrogens is 1. The van der Waals surface area contributed by atoms with Crippen molar-refractivity contribution in [3.63, 3.8) is 0 Å². The summed E-state index contributed by atoms with van der Waals surface area (Å²) in [5.41, 5.74) is -4.41. The Bertz CT molecular complexity index is 592. The Balaban J connectivity index is 2.29. The van der Waals surface area contributed by atoms with Crippen LogP contribution < -0.4 is 4.18 Å². The summed E-state index contributed by atoms with van der Waals surface area (Å²) in [5.74, 6) is -0.178. The van der Waals surface area contributed by atoms with Gasteiger partial charge in [-0.3, -0.25) is 4.98 Å². The number of nitrogens with zero attached hydrogens (tertiary/aromatic N) is 1. The summed E-state index contributed by atoms with van der Waals surface area (Å²) in [6.07, 6.45) is 3.89. The maximum atomic E-state index is 12.3. The predicted octanol–water partition coefficient (Wildman–Crippen LogP) is 3.28. The molecule has 0 unspecified atom stereocenters. The number of hydrogen-bond donors (Lipinski definition) is 0. The van der Waals surface area contributed by atoms with E-state index in [0.29, 0.717) is 11.4 Å². The van der Waals surface area contributed by atoms with Crippen LogP contribution in [0, 0.1) is 6.92 Å². The zero-order valence-electron chi connectivity index (χ0n) is 10.8. The minimum absolute atomic E-state index is 0.158. The third-order valence-electron chi connectivity index (χ3n) is 3.21. The Kier molecular flexibility index (Phi) is 3.95. The number of rotatable bonds is 3. The van der Waals surface area contributed by atoms with E-state index in [2.05, 4.69) is 9.17 Å². The molecule has 8 heteroatoms. The number of aryl methyl sites for hydroxylation is 1. The standard InChI is InChI=1S/C12H14F3NO3S/c1-8-6-10(19-20(17,18)12(13,14)15)7-11(16-8)9-4-2-3-5-9/h6-7,9H,2-5H2,1H3. The highest BCUT2D eigenvalue weighted by molar-refractivity contribution is 7.87. The smallest absolute Gasteiger partial charge is 0.376 e. The molecule has 0 spiro atoms. The zero-order valence-corrected chi connectivity index (χ0v) is 11.6. The van der Waals surface area contributed by atoms with Gasteiger partial charge < -0.3 is 4.18 Å². The molecule has 0 atom stereocenters. The fourth-order valence-corrected chi connectivity index (χ4v) is 2.76. The van der Waals surface area contributed by atoms with Gasteiger partial charge in [0.15, 0.2) is 0 Å². The lowest BCUT2D eigenvalue weighted by Crippen LogP contribution is -2.28. The van der Waals surface area contributed by atoms with Crippen LogP contribution in [0.3, 0.4) is 0 Å². The predicted molar refractivity (Wildman–Crippen MR) is 65.8 cm³/mol. The summed E-state index contributed by atoms with van der Waals surface area (Å²) < 4.78 is 63.0. The summed E-state index contributed by atoms with van der Waals surface area (Å²) in [5, 5.41) is 0. The number of hydrogen-bond acceptors (Lipinski definition) is 4. The minimum atomic E-state index is -5.64. The molecule has 4 nitrogen and oxygen atoms in total. The molecule has 0 bridgehead atoms. The molecule has 1 aromatic rings. The Morgan fingerprint density at radius 1 is 1.25 bits per heavy atom. The normalized spacial score (nSPS) is 17.4. The second kappa shape index (κ2) is 5.23. The second-order valence-electron chi connectivity index (χ2n) is 4.83. The van der Waals surface area contributed by atoms with Crippen LogP contribution in [0.2, 0.25) is 0 Å². The molecular weight excluding hydrogens is 295 g/mol. The number of alkyl halides is 3. The molecule has 0 aliphatic heterocycles. The van der Waals surface area contributed by atoms with E-state index < -0.39 is 15.6 Å². The van der Waals surface area contributed by atoms with Crippen LogP contribution in [0.4, 0.5) is 13.2 Å². The van der Waals surface area contributed by atoms with Gasteiger partial charge in [0.1, 0.15) is 5.75 Å². The number of halogens is 3. The minimum Gasteiger partial charge on any atom is -0.376 e. The summed E-state index contributed by atoms with van der Waals surface area (Å²) in [6, 6.07) is 2.47. The lowest BCUT2D eigenvalue weighted by molar-refractivity contribution is -0.0500. The van der Waals surface area contributed by atoms with Gasteiger partial charge in [0, 0.05) is 29.4 Å². The molecule has 20 heavy (non-hydrogen) atoms. The first-order valence-corrected chi connectivity index (χ1v) is 7.59. The van der Waals surface area contributed by atoms with E-state index in [4.69, 9.17) is 0 Å². The van der Waals surface area contributed by atoms with E-state index >= 15 is 0 Å². The van der Waals surface area contributed by atoms with E-state index in [1.165, 1.54) is 12.1 Å². The van der Waals surface area contributed by atoms with Gasteiger partial charge >= 0.3 is 15.6 Å². The van der Waals surface area contributed by atoms with Crippen molar-refractivity contribution in [3.05, 3.63) is 23.5 Å². The van der Waals surface area contributed by atoms with Crippen molar-refractivity contribution in [1.82, 2.24) is 4.98 Å². The van der Waals surface area contributed by atoms with Gasteiger partial charge in [0.05, 0.1) is 0 Å². The third kappa shape index (κ3) is 3.23. The van der Waals surface area contributed by atoms with E-state index in [9.17, 15) is 21.6 Å². The van der Waals surface area contributed by atoms with E-state index in [1.54, 1.807) is 6.92 Å². The molecule has 112 valence electrons. The van der Waals surface area contributed by atoms with Crippen LogP contribution in [-0.2, 0) is 10.1 Å². The maximum absolute atomic E-state index is 12.3. The average molecular weight is 309 g/mol. The van der Waals surface area contributed by atoms with Crippen LogP contribution in [0.5, 0.6) is 5.75 Å². The first kappa shape index (κ1) is 15.1. The summed E-state index contributed by atoms with van der Waals surface area (Å²) >= 11 is 0. The average Bonchev–Trinajstić information content (AvgIpc) is 2.78. The molecule has 0 N–H and O–H groups in total. The summed E-state index contributed by atoms with van der Waals surface area (Å²) in [4.78, 5) is 4.25. The first-order valence-electron chi connectivity index (χ1n) is 6.18. The third-order valence-corrected chi connectivity index (χ3v) is 4.19. The Labute approximate surface area is 115 Å². The van der Waals surface area contributed by atoms with E-state index in [-0.39, 0.29) is 11.7 Å². The molecule has 1 fully saturated rings. The summed E-state index contributed by atoms with van der Waals surface area (Å²) in [6.45, 7) is 1.59. The van der Waals surface area contributed by atoms with Gasteiger partial charge in [0.2, 0.25) is 0 Å². The summed E-state index contributed by atoms with van der Waals surface area (Å²) in [7, 11) is -5.64. The largest absolute Gasteiger partial charge is 0.534 e. The van der Waals surface area contributed by atoms with Gasteiger partial charge in [-0.15, -0.1) is 0 Å². The number of pyridine rings is 1. The van der Waals surface area contributed by atoms with Gasteiger partial charge in [-0.05, 0) is 19.8 Å². The highest BCUT2D eigenvalue weighted by atomic mass is 32.2. The molecule has 0 saturated heterocycles. The lowest BCUT2D eigenvalue weighted by Gasteiger charge is -2.13. The van der Waals surface area contributed by atoms with Crippen LogP contribution >= 0.6 is 0 Å². The highest BCUT2D eigenvalue weighted by Crippen LogP contribution is 2.35. The molecule has 0 amide bonds. The van der Waals surface area contributed by atoms with Crippen LogP contribution in [0.15, 0.2) is 12.1 Å². The molecule has 1 aliphatic rings. The fourth-order valence-electron chi connectivity index (χ4n) is 2.31. The van der Waals surface area contributed by atoms with Crippen LogP contribution in [0.25, 0.3) is 0 Å². The lowest BCUT2D eigenvalue weighted by atomic mass is 10.0.